The molecule has 0 saturated carbocycles. The van der Waals surface area contributed by atoms with Crippen LogP contribution >= 0.6 is 7.60 Å². The second-order valence-electron chi connectivity index (χ2n) is 2.51. The molecule has 0 spiro atoms. The summed E-state index contributed by atoms with van der Waals surface area (Å²) < 4.78 is 17.0. The van der Waals surface area contributed by atoms with Gasteiger partial charge in [-0.05, 0) is 6.42 Å². The van der Waals surface area contributed by atoms with Gasteiger partial charge in [-0.3, -0.25) is 4.57 Å². The summed E-state index contributed by atoms with van der Waals surface area (Å²) in [7, 11) is -0.193. The highest BCUT2D eigenvalue weighted by Crippen LogP contribution is 2.35. The molecule has 0 bridgehead atoms. The van der Waals surface area contributed by atoms with E-state index >= 15 is 0 Å². The van der Waals surface area contributed by atoms with Crippen LogP contribution in [0, 0.1) is 0 Å². The zero-order valence-corrected chi connectivity index (χ0v) is 8.01. The third kappa shape index (κ3) is 6.07. The van der Waals surface area contributed by atoms with Crippen LogP contribution in [-0.4, -0.2) is 31.2 Å². The maximum atomic E-state index is 10.9. The van der Waals surface area contributed by atoms with Crippen molar-refractivity contribution < 1.29 is 18.6 Å². The van der Waals surface area contributed by atoms with Crippen molar-refractivity contribution in [1.82, 2.24) is 0 Å². The van der Waals surface area contributed by atoms with Crippen LogP contribution in [0.25, 0.3) is 0 Å². The predicted molar refractivity (Wildman–Crippen MR) is 42.0 cm³/mol. The van der Waals surface area contributed by atoms with Crippen molar-refractivity contribution in [3.8, 4) is 0 Å². The standard InChI is InChI=1S/C6H14NO3P/c1-4-5-11(8,9)10-6-7(2)3/h6H,4-5H2,1-3H3. The fourth-order valence-corrected chi connectivity index (χ4v) is 1.48. The first kappa shape index (κ1) is 10.7. The zero-order valence-electron chi connectivity index (χ0n) is 7.11. The molecule has 0 saturated heterocycles. The van der Waals surface area contributed by atoms with Gasteiger partial charge in [-0.1, -0.05) is 6.92 Å². The molecule has 0 aromatic heterocycles. The van der Waals surface area contributed by atoms with Crippen molar-refractivity contribution in [2.75, 3.05) is 20.3 Å². The summed E-state index contributed by atoms with van der Waals surface area (Å²) in [6, 6.07) is 0. The van der Waals surface area contributed by atoms with Gasteiger partial charge in [0.15, 0.2) is 7.60 Å². The topological polar surface area (TPSA) is 52.4 Å². The van der Waals surface area contributed by atoms with Crippen LogP contribution in [0.2, 0.25) is 0 Å². The molecule has 0 amide bonds. The van der Waals surface area contributed by atoms with Gasteiger partial charge in [0.05, 0.1) is 0 Å². The third-order valence-electron chi connectivity index (χ3n) is 0.916. The molecule has 0 aliphatic heterocycles. The van der Waals surface area contributed by atoms with Crippen molar-refractivity contribution in [3.05, 3.63) is 0 Å². The zero-order chi connectivity index (χ0) is 8.91. The van der Waals surface area contributed by atoms with Gasteiger partial charge in [0.1, 0.15) is 14.1 Å². The smallest absolute Gasteiger partial charge is 0.327 e. The van der Waals surface area contributed by atoms with Crippen molar-refractivity contribution in [1.29, 1.82) is 0 Å². The van der Waals surface area contributed by atoms with Crippen LogP contribution in [0.15, 0.2) is 0 Å². The molecule has 66 valence electrons. The molecule has 0 aromatic carbocycles. The molecule has 11 heavy (non-hydrogen) atoms. The molecule has 0 radical (unpaired) electrons. The van der Waals surface area contributed by atoms with Gasteiger partial charge >= 0.3 is 6.40 Å². The van der Waals surface area contributed by atoms with E-state index in [1.54, 1.807) is 25.6 Å². The molecule has 0 aliphatic rings. The molecule has 0 fully saturated rings. The van der Waals surface area contributed by atoms with Crippen molar-refractivity contribution >= 4 is 14.0 Å². The molecule has 1 atom stereocenters. The summed E-state index contributed by atoms with van der Waals surface area (Å²) in [6.07, 6.45) is 1.86. The first-order valence-electron chi connectivity index (χ1n) is 3.46. The summed E-state index contributed by atoms with van der Waals surface area (Å²) in [5, 5.41) is 0. The normalized spacial score (nSPS) is 15.3. The Labute approximate surface area is 67.0 Å². The summed E-state index contributed by atoms with van der Waals surface area (Å²) in [5.74, 6) is 0. The quantitative estimate of drug-likeness (QED) is 0.269. The number of rotatable bonds is 4. The molecule has 0 aromatic rings. The first-order chi connectivity index (χ1) is 4.98. The van der Waals surface area contributed by atoms with E-state index < -0.39 is 7.60 Å². The average molecular weight is 179 g/mol. The molecule has 0 heterocycles. The molecule has 0 aliphatic carbocycles. The minimum Gasteiger partial charge on any atom is -0.769 e. The van der Waals surface area contributed by atoms with Gasteiger partial charge in [-0.2, -0.15) is 0 Å². The fourth-order valence-electron chi connectivity index (χ4n) is 0.493. The summed E-state index contributed by atoms with van der Waals surface area (Å²) in [6.45, 7) is 1.80. The van der Waals surface area contributed by atoms with E-state index in [2.05, 4.69) is 4.52 Å². The molecule has 1 unspecified atom stereocenters. The van der Waals surface area contributed by atoms with E-state index in [-0.39, 0.29) is 6.16 Å². The van der Waals surface area contributed by atoms with E-state index in [1.807, 2.05) is 0 Å². The van der Waals surface area contributed by atoms with Gasteiger partial charge < -0.3 is 9.42 Å². The maximum absolute atomic E-state index is 10.9. The Hall–Kier alpha value is -0.340. The van der Waals surface area contributed by atoms with Crippen LogP contribution in [-0.2, 0) is 9.09 Å². The highest BCUT2D eigenvalue weighted by molar-refractivity contribution is 7.51. The Morgan fingerprint density at radius 1 is 1.64 bits per heavy atom. The maximum Gasteiger partial charge on any atom is 0.327 e. The van der Waals surface area contributed by atoms with Crippen LogP contribution in [0.3, 0.4) is 0 Å². The van der Waals surface area contributed by atoms with Gasteiger partial charge in [0, 0.05) is 6.16 Å². The molecular formula is C6H14NO3P. The minimum atomic E-state index is -3.59. The summed E-state index contributed by atoms with van der Waals surface area (Å²) >= 11 is 0. The van der Waals surface area contributed by atoms with Crippen LogP contribution in [0.1, 0.15) is 13.3 Å². The van der Waals surface area contributed by atoms with E-state index in [1.165, 1.54) is 6.40 Å². The second kappa shape index (κ2) is 4.52. The largest absolute Gasteiger partial charge is 0.769 e. The van der Waals surface area contributed by atoms with Crippen LogP contribution in [0.5, 0.6) is 0 Å². The second-order valence-corrected chi connectivity index (χ2v) is 4.39. The Balaban J connectivity index is 3.93. The lowest BCUT2D eigenvalue weighted by atomic mass is 10.6. The van der Waals surface area contributed by atoms with Crippen LogP contribution in [0.4, 0.5) is 0 Å². The summed E-state index contributed by atoms with van der Waals surface area (Å²) in [5.41, 5.74) is 0. The Morgan fingerprint density at radius 2 is 2.18 bits per heavy atom. The molecular weight excluding hydrogens is 165 g/mol. The highest BCUT2D eigenvalue weighted by atomic mass is 31.2. The van der Waals surface area contributed by atoms with Gasteiger partial charge in [-0.25, -0.2) is 4.58 Å². The Bertz CT molecular complexity index is 186. The van der Waals surface area contributed by atoms with Crippen LogP contribution < -0.4 is 4.89 Å². The van der Waals surface area contributed by atoms with E-state index in [9.17, 15) is 9.46 Å². The van der Waals surface area contributed by atoms with Crippen molar-refractivity contribution in [3.63, 3.8) is 0 Å². The predicted octanol–water partition coefficient (Wildman–Crippen LogP) is 0.267. The molecule has 4 nitrogen and oxygen atoms in total. The van der Waals surface area contributed by atoms with E-state index in [4.69, 9.17) is 0 Å². The van der Waals surface area contributed by atoms with Crippen molar-refractivity contribution in [2.24, 2.45) is 0 Å². The Kier molecular flexibility index (Phi) is 4.38. The number of hydrogen-bond donors (Lipinski definition) is 0. The molecule has 0 rings (SSSR count). The lowest BCUT2D eigenvalue weighted by molar-refractivity contribution is -0.466. The first-order valence-corrected chi connectivity index (χ1v) is 5.19. The fraction of sp³-hybridized carbons (Fsp3) is 0.833. The number of nitrogens with zero attached hydrogens (tertiary/aromatic N) is 1. The number of hydrogen-bond acceptors (Lipinski definition) is 3. The SMILES string of the molecule is CCCP(=O)([O-])OC=[N+](C)C. The molecule has 0 N–H and O–H groups in total. The monoisotopic (exact) mass is 179 g/mol. The summed E-state index contributed by atoms with van der Waals surface area (Å²) in [4.78, 5) is 10.9. The average Bonchev–Trinajstić information content (AvgIpc) is 1.84. The van der Waals surface area contributed by atoms with Crippen molar-refractivity contribution in [2.45, 2.75) is 13.3 Å². The lowest BCUT2D eigenvalue weighted by Gasteiger charge is -2.18. The van der Waals surface area contributed by atoms with Gasteiger partial charge in [-0.15, -0.1) is 0 Å². The minimum absolute atomic E-state index is 0.0946. The Morgan fingerprint density at radius 3 is 2.55 bits per heavy atom. The van der Waals surface area contributed by atoms with Gasteiger partial charge in [0.25, 0.3) is 0 Å². The molecule has 5 heteroatoms. The highest BCUT2D eigenvalue weighted by Gasteiger charge is 2.06. The van der Waals surface area contributed by atoms with E-state index in [0.29, 0.717) is 6.42 Å². The lowest BCUT2D eigenvalue weighted by Crippen LogP contribution is -2.10. The van der Waals surface area contributed by atoms with E-state index in [0.717, 1.165) is 0 Å². The third-order valence-corrected chi connectivity index (χ3v) is 2.33. The van der Waals surface area contributed by atoms with Gasteiger partial charge in [0.2, 0.25) is 0 Å².